The maximum Gasteiger partial charge on any atom is 0.396 e. The van der Waals surface area contributed by atoms with E-state index < -0.39 is 25.2 Å². The van der Waals surface area contributed by atoms with E-state index in [1.165, 1.54) is 0 Å². The highest BCUT2D eigenvalue weighted by Gasteiger charge is 2.39. The molecular formula is C12H16F3NO. The lowest BCUT2D eigenvalue weighted by molar-refractivity contribution is -0.178. The van der Waals surface area contributed by atoms with Crippen molar-refractivity contribution in [2.45, 2.75) is 19.5 Å². The first kappa shape index (κ1) is 13.8. The van der Waals surface area contributed by atoms with E-state index in [0.29, 0.717) is 5.75 Å². The third-order valence-electron chi connectivity index (χ3n) is 2.51. The molecule has 2 nitrogen and oxygen atoms in total. The first-order valence-corrected chi connectivity index (χ1v) is 5.46. The van der Waals surface area contributed by atoms with Gasteiger partial charge in [0, 0.05) is 6.54 Å². The maximum absolute atomic E-state index is 12.4. The number of aryl methyl sites for hydroxylation is 1. The van der Waals surface area contributed by atoms with Crippen molar-refractivity contribution in [2.75, 3.05) is 13.2 Å². The molecule has 17 heavy (non-hydrogen) atoms. The van der Waals surface area contributed by atoms with Gasteiger partial charge in [-0.05, 0) is 24.1 Å². The van der Waals surface area contributed by atoms with Crippen LogP contribution >= 0.6 is 0 Å². The smallest absolute Gasteiger partial charge is 0.396 e. The van der Waals surface area contributed by atoms with E-state index in [2.05, 4.69) is 0 Å². The molecule has 0 radical (unpaired) electrons. The molecule has 0 aliphatic heterocycles. The molecule has 0 aliphatic carbocycles. The molecule has 1 atom stereocenters. The molecule has 0 spiro atoms. The molecule has 1 aromatic rings. The van der Waals surface area contributed by atoms with Gasteiger partial charge >= 0.3 is 6.18 Å². The highest BCUT2D eigenvalue weighted by molar-refractivity contribution is 5.28. The van der Waals surface area contributed by atoms with E-state index in [4.69, 9.17) is 10.5 Å². The maximum atomic E-state index is 12.4. The first-order chi connectivity index (χ1) is 7.97. The Bertz CT molecular complexity index is 352. The minimum absolute atomic E-state index is 0.437. The van der Waals surface area contributed by atoms with Crippen LogP contribution in [-0.2, 0) is 6.42 Å². The average molecular weight is 247 g/mol. The lowest BCUT2D eigenvalue weighted by Crippen LogP contribution is -2.35. The number of benzene rings is 1. The van der Waals surface area contributed by atoms with E-state index in [0.717, 1.165) is 12.0 Å². The Morgan fingerprint density at radius 3 is 2.59 bits per heavy atom. The van der Waals surface area contributed by atoms with Crippen molar-refractivity contribution in [1.29, 1.82) is 0 Å². The number of ether oxygens (including phenoxy) is 1. The summed E-state index contributed by atoms with van der Waals surface area (Å²) in [5.41, 5.74) is 6.11. The number of rotatable bonds is 5. The van der Waals surface area contributed by atoms with E-state index in [1.807, 2.05) is 13.0 Å². The van der Waals surface area contributed by atoms with Crippen molar-refractivity contribution in [1.82, 2.24) is 0 Å². The monoisotopic (exact) mass is 247 g/mol. The van der Waals surface area contributed by atoms with Crippen molar-refractivity contribution in [3.8, 4) is 5.75 Å². The van der Waals surface area contributed by atoms with Gasteiger partial charge in [-0.3, -0.25) is 0 Å². The Balaban J connectivity index is 2.59. The normalized spacial score (nSPS) is 13.5. The van der Waals surface area contributed by atoms with Gasteiger partial charge in [0.15, 0.2) is 0 Å². The fourth-order valence-electron chi connectivity index (χ4n) is 1.35. The van der Waals surface area contributed by atoms with Gasteiger partial charge in [-0.15, -0.1) is 0 Å². The number of halogens is 3. The number of alkyl halides is 3. The van der Waals surface area contributed by atoms with Crippen molar-refractivity contribution >= 4 is 0 Å². The summed E-state index contributed by atoms with van der Waals surface area (Å²) >= 11 is 0. The Morgan fingerprint density at radius 2 is 2.06 bits per heavy atom. The molecule has 5 heteroatoms. The third kappa shape index (κ3) is 4.26. The van der Waals surface area contributed by atoms with Crippen molar-refractivity contribution < 1.29 is 17.9 Å². The molecule has 0 aliphatic rings. The Kier molecular flexibility index (Phi) is 4.81. The summed E-state index contributed by atoms with van der Waals surface area (Å²) in [6.07, 6.45) is -3.49. The topological polar surface area (TPSA) is 35.2 Å². The highest BCUT2D eigenvalue weighted by atomic mass is 19.4. The van der Waals surface area contributed by atoms with Gasteiger partial charge in [0.1, 0.15) is 18.3 Å². The van der Waals surface area contributed by atoms with Gasteiger partial charge in [-0.1, -0.05) is 19.1 Å². The highest BCUT2D eigenvalue weighted by Crippen LogP contribution is 2.26. The fraction of sp³-hybridized carbons (Fsp3) is 0.500. The van der Waals surface area contributed by atoms with Gasteiger partial charge in [0.2, 0.25) is 0 Å². The van der Waals surface area contributed by atoms with Gasteiger partial charge in [0.25, 0.3) is 0 Å². The molecule has 96 valence electrons. The first-order valence-electron chi connectivity index (χ1n) is 5.46. The van der Waals surface area contributed by atoms with Crippen LogP contribution in [0.15, 0.2) is 24.3 Å². The van der Waals surface area contributed by atoms with Crippen LogP contribution in [0.5, 0.6) is 5.75 Å². The van der Waals surface area contributed by atoms with Crippen LogP contribution < -0.4 is 10.5 Å². The molecule has 0 fully saturated rings. The molecule has 1 rings (SSSR count). The Hall–Kier alpha value is -1.23. The quantitative estimate of drug-likeness (QED) is 0.868. The van der Waals surface area contributed by atoms with Crippen LogP contribution in [0.25, 0.3) is 0 Å². The SMILES string of the molecule is CCc1cccc(OCC(CN)C(F)(F)F)c1. The van der Waals surface area contributed by atoms with E-state index in [-0.39, 0.29) is 0 Å². The number of nitrogens with two attached hydrogens (primary N) is 1. The minimum Gasteiger partial charge on any atom is -0.493 e. The van der Waals surface area contributed by atoms with Crippen LogP contribution in [0.2, 0.25) is 0 Å². The van der Waals surface area contributed by atoms with Crippen LogP contribution in [-0.4, -0.2) is 19.3 Å². The standard InChI is InChI=1S/C12H16F3NO/c1-2-9-4-3-5-11(6-9)17-8-10(7-16)12(13,14)15/h3-6,10H,2,7-8,16H2,1H3. The van der Waals surface area contributed by atoms with Crippen LogP contribution in [0.3, 0.4) is 0 Å². The molecule has 0 saturated heterocycles. The van der Waals surface area contributed by atoms with E-state index in [1.54, 1.807) is 18.2 Å². The summed E-state index contributed by atoms with van der Waals surface area (Å²) in [4.78, 5) is 0. The van der Waals surface area contributed by atoms with Crippen LogP contribution in [0, 0.1) is 5.92 Å². The molecule has 2 N–H and O–H groups in total. The molecule has 0 aromatic heterocycles. The second kappa shape index (κ2) is 5.91. The van der Waals surface area contributed by atoms with E-state index in [9.17, 15) is 13.2 Å². The Morgan fingerprint density at radius 1 is 1.35 bits per heavy atom. The molecule has 0 saturated carbocycles. The summed E-state index contributed by atoms with van der Waals surface area (Å²) < 4.78 is 42.4. The number of hydrogen-bond acceptors (Lipinski definition) is 2. The molecule has 0 heterocycles. The fourth-order valence-corrected chi connectivity index (χ4v) is 1.35. The third-order valence-corrected chi connectivity index (χ3v) is 2.51. The molecule has 0 bridgehead atoms. The van der Waals surface area contributed by atoms with Crippen molar-refractivity contribution in [3.63, 3.8) is 0 Å². The summed E-state index contributed by atoms with van der Waals surface area (Å²) in [6.45, 7) is 1.07. The zero-order valence-corrected chi connectivity index (χ0v) is 9.63. The van der Waals surface area contributed by atoms with Gasteiger partial charge in [0.05, 0.1) is 0 Å². The lowest BCUT2D eigenvalue weighted by atomic mass is 10.1. The van der Waals surface area contributed by atoms with Crippen molar-refractivity contribution in [3.05, 3.63) is 29.8 Å². The summed E-state index contributed by atoms with van der Waals surface area (Å²) in [5, 5.41) is 0. The van der Waals surface area contributed by atoms with E-state index >= 15 is 0 Å². The zero-order chi connectivity index (χ0) is 12.9. The average Bonchev–Trinajstić information content (AvgIpc) is 2.28. The summed E-state index contributed by atoms with van der Waals surface area (Å²) in [6, 6.07) is 7.04. The second-order valence-corrected chi connectivity index (χ2v) is 3.79. The summed E-state index contributed by atoms with van der Waals surface area (Å²) in [7, 11) is 0. The van der Waals surface area contributed by atoms with Crippen LogP contribution in [0.4, 0.5) is 13.2 Å². The molecule has 1 unspecified atom stereocenters. The minimum atomic E-state index is -4.31. The second-order valence-electron chi connectivity index (χ2n) is 3.79. The molecule has 0 amide bonds. The van der Waals surface area contributed by atoms with Crippen molar-refractivity contribution in [2.24, 2.45) is 11.7 Å². The van der Waals surface area contributed by atoms with Crippen LogP contribution in [0.1, 0.15) is 12.5 Å². The Labute approximate surface area is 98.6 Å². The number of hydrogen-bond donors (Lipinski definition) is 1. The van der Waals surface area contributed by atoms with Gasteiger partial charge in [-0.2, -0.15) is 13.2 Å². The predicted molar refractivity (Wildman–Crippen MR) is 59.9 cm³/mol. The largest absolute Gasteiger partial charge is 0.493 e. The molecular weight excluding hydrogens is 231 g/mol. The van der Waals surface area contributed by atoms with Gasteiger partial charge < -0.3 is 10.5 Å². The molecule has 1 aromatic carbocycles. The summed E-state index contributed by atoms with van der Waals surface area (Å²) in [5.74, 6) is -1.17. The lowest BCUT2D eigenvalue weighted by Gasteiger charge is -2.19. The predicted octanol–water partition coefficient (Wildman–Crippen LogP) is 2.77. The zero-order valence-electron chi connectivity index (χ0n) is 9.63. The van der Waals surface area contributed by atoms with Gasteiger partial charge in [-0.25, -0.2) is 0 Å².